The van der Waals surface area contributed by atoms with Crippen molar-refractivity contribution in [2.75, 3.05) is 5.32 Å². The lowest BCUT2D eigenvalue weighted by molar-refractivity contribution is 0.639. The maximum Gasteiger partial charge on any atom is 0.140 e. The molecule has 0 saturated carbocycles. The number of halogens is 1. The number of rotatable bonds is 3. The van der Waals surface area contributed by atoms with Gasteiger partial charge in [0.25, 0.3) is 0 Å². The number of nitrogens with one attached hydrogen (secondary N) is 1. The molecular weight excluding hydrogens is 279 g/mol. The van der Waals surface area contributed by atoms with Gasteiger partial charge in [0.2, 0.25) is 0 Å². The van der Waals surface area contributed by atoms with Crippen molar-refractivity contribution in [1.29, 1.82) is 5.26 Å². The molecular formula is C17H13FN4. The van der Waals surface area contributed by atoms with Crippen LogP contribution in [0, 0.1) is 17.1 Å². The Morgan fingerprint density at radius 2 is 1.91 bits per heavy atom. The van der Waals surface area contributed by atoms with Gasteiger partial charge in [-0.3, -0.25) is 0 Å². The highest BCUT2D eigenvalue weighted by atomic mass is 19.1. The molecule has 0 amide bonds. The van der Waals surface area contributed by atoms with Crippen LogP contribution in [0.4, 0.5) is 10.2 Å². The van der Waals surface area contributed by atoms with E-state index in [4.69, 9.17) is 5.26 Å². The first-order chi connectivity index (χ1) is 10.7. The minimum Gasteiger partial charge on any atom is -0.363 e. The number of benzene rings is 2. The van der Waals surface area contributed by atoms with Crippen LogP contribution in [0.25, 0.3) is 10.9 Å². The van der Waals surface area contributed by atoms with Gasteiger partial charge in [-0.2, -0.15) is 5.26 Å². The third-order valence-electron chi connectivity index (χ3n) is 3.51. The van der Waals surface area contributed by atoms with Crippen LogP contribution in [0.2, 0.25) is 0 Å². The Kier molecular flexibility index (Phi) is 3.67. The number of hydrogen-bond donors (Lipinski definition) is 1. The molecule has 0 bridgehead atoms. The Balaban J connectivity index is 1.94. The van der Waals surface area contributed by atoms with E-state index in [0.717, 1.165) is 5.56 Å². The molecule has 1 atom stereocenters. The second-order valence-electron chi connectivity index (χ2n) is 4.96. The van der Waals surface area contributed by atoms with Crippen LogP contribution < -0.4 is 5.32 Å². The molecule has 0 radical (unpaired) electrons. The second kappa shape index (κ2) is 5.78. The van der Waals surface area contributed by atoms with Crippen LogP contribution in [-0.4, -0.2) is 9.97 Å². The molecule has 3 aromatic rings. The lowest BCUT2D eigenvalue weighted by Crippen LogP contribution is -2.09. The molecule has 22 heavy (non-hydrogen) atoms. The van der Waals surface area contributed by atoms with E-state index in [-0.39, 0.29) is 11.9 Å². The highest BCUT2D eigenvalue weighted by Crippen LogP contribution is 2.26. The Labute approximate surface area is 127 Å². The SMILES string of the molecule is C[C@H](Nc1ncnc2cccc(F)c12)c1ccc(C#N)cc1. The Morgan fingerprint density at radius 1 is 1.14 bits per heavy atom. The highest BCUT2D eigenvalue weighted by molar-refractivity contribution is 5.89. The molecule has 0 aliphatic heterocycles. The van der Waals surface area contributed by atoms with Crippen LogP contribution >= 0.6 is 0 Å². The fourth-order valence-electron chi connectivity index (χ4n) is 2.31. The molecule has 1 heterocycles. The molecule has 5 heteroatoms. The van der Waals surface area contributed by atoms with Gasteiger partial charge in [0.05, 0.1) is 22.5 Å². The topological polar surface area (TPSA) is 61.6 Å². The molecule has 2 aromatic carbocycles. The third-order valence-corrected chi connectivity index (χ3v) is 3.51. The van der Waals surface area contributed by atoms with Crippen molar-refractivity contribution in [3.8, 4) is 6.07 Å². The molecule has 0 saturated heterocycles. The van der Waals surface area contributed by atoms with E-state index in [1.807, 2.05) is 19.1 Å². The first-order valence-corrected chi connectivity index (χ1v) is 6.85. The predicted octanol–water partition coefficient (Wildman–Crippen LogP) is 3.81. The Bertz CT molecular complexity index is 847. The second-order valence-corrected chi connectivity index (χ2v) is 4.96. The normalized spacial score (nSPS) is 11.9. The summed E-state index contributed by atoms with van der Waals surface area (Å²) in [6.07, 6.45) is 1.41. The predicted molar refractivity (Wildman–Crippen MR) is 82.7 cm³/mol. The van der Waals surface area contributed by atoms with E-state index < -0.39 is 0 Å². The van der Waals surface area contributed by atoms with Crippen molar-refractivity contribution in [1.82, 2.24) is 9.97 Å². The Hall–Kier alpha value is -3.00. The van der Waals surface area contributed by atoms with Crippen LogP contribution in [0.5, 0.6) is 0 Å². The lowest BCUT2D eigenvalue weighted by Gasteiger charge is -2.16. The molecule has 108 valence electrons. The maximum atomic E-state index is 14.0. The summed E-state index contributed by atoms with van der Waals surface area (Å²) < 4.78 is 14.0. The molecule has 4 nitrogen and oxygen atoms in total. The molecule has 0 fully saturated rings. The molecule has 1 aromatic heterocycles. The maximum absolute atomic E-state index is 14.0. The lowest BCUT2D eigenvalue weighted by atomic mass is 10.1. The van der Waals surface area contributed by atoms with Gasteiger partial charge in [-0.05, 0) is 36.8 Å². The van der Waals surface area contributed by atoms with Gasteiger partial charge in [-0.1, -0.05) is 18.2 Å². The van der Waals surface area contributed by atoms with Crippen LogP contribution in [0.15, 0.2) is 48.8 Å². The zero-order valence-corrected chi connectivity index (χ0v) is 11.9. The van der Waals surface area contributed by atoms with Crippen molar-refractivity contribution in [2.45, 2.75) is 13.0 Å². The smallest absolute Gasteiger partial charge is 0.140 e. The summed E-state index contributed by atoms with van der Waals surface area (Å²) in [5.74, 6) is 0.104. The average Bonchev–Trinajstić information content (AvgIpc) is 2.55. The standard InChI is InChI=1S/C17H13FN4/c1-11(13-7-5-12(9-19)6-8-13)22-17-16-14(18)3-2-4-15(16)20-10-21-17/h2-8,10-11H,1H3,(H,20,21,22)/t11-/m0/s1. The van der Waals surface area contributed by atoms with Crippen LogP contribution in [0.1, 0.15) is 24.1 Å². The van der Waals surface area contributed by atoms with Crippen LogP contribution in [0.3, 0.4) is 0 Å². The number of aromatic nitrogens is 2. The van der Waals surface area contributed by atoms with E-state index in [9.17, 15) is 4.39 Å². The third kappa shape index (κ3) is 2.59. The van der Waals surface area contributed by atoms with Gasteiger partial charge >= 0.3 is 0 Å². The van der Waals surface area contributed by atoms with E-state index in [2.05, 4.69) is 21.4 Å². The van der Waals surface area contributed by atoms with E-state index in [1.165, 1.54) is 12.4 Å². The summed E-state index contributed by atoms with van der Waals surface area (Å²) in [5.41, 5.74) is 2.15. The number of nitriles is 1. The first kappa shape index (κ1) is 14.0. The zero-order valence-electron chi connectivity index (χ0n) is 11.9. The van der Waals surface area contributed by atoms with Crippen molar-refractivity contribution < 1.29 is 4.39 Å². The van der Waals surface area contributed by atoms with Crippen molar-refractivity contribution in [3.05, 3.63) is 65.7 Å². The summed E-state index contributed by atoms with van der Waals surface area (Å²) in [6.45, 7) is 1.95. The number of hydrogen-bond acceptors (Lipinski definition) is 4. The van der Waals surface area contributed by atoms with Crippen molar-refractivity contribution in [2.24, 2.45) is 0 Å². The minimum atomic E-state index is -0.354. The molecule has 1 N–H and O–H groups in total. The van der Waals surface area contributed by atoms with Gasteiger partial charge in [0.1, 0.15) is 18.0 Å². The minimum absolute atomic E-state index is 0.0783. The summed E-state index contributed by atoms with van der Waals surface area (Å²) >= 11 is 0. The number of fused-ring (bicyclic) bond motifs is 1. The quantitative estimate of drug-likeness (QED) is 0.797. The number of anilines is 1. The highest BCUT2D eigenvalue weighted by Gasteiger charge is 2.12. The molecule has 3 rings (SSSR count). The molecule has 0 aliphatic rings. The van der Waals surface area contributed by atoms with Gasteiger partial charge in [0, 0.05) is 6.04 Å². The fourth-order valence-corrected chi connectivity index (χ4v) is 2.31. The molecule has 0 aliphatic carbocycles. The molecule has 0 unspecified atom stereocenters. The van der Waals surface area contributed by atoms with Gasteiger partial charge in [-0.15, -0.1) is 0 Å². The summed E-state index contributed by atoms with van der Waals surface area (Å²) in [6, 6.07) is 14.0. The van der Waals surface area contributed by atoms with Gasteiger partial charge in [-0.25, -0.2) is 14.4 Å². The Morgan fingerprint density at radius 3 is 2.64 bits per heavy atom. The van der Waals surface area contributed by atoms with Crippen molar-refractivity contribution >= 4 is 16.7 Å². The van der Waals surface area contributed by atoms with Crippen molar-refractivity contribution in [3.63, 3.8) is 0 Å². The first-order valence-electron chi connectivity index (χ1n) is 6.85. The number of nitrogens with zero attached hydrogens (tertiary/aromatic N) is 3. The summed E-state index contributed by atoms with van der Waals surface area (Å²) in [5, 5.41) is 12.4. The van der Waals surface area contributed by atoms with E-state index in [1.54, 1.807) is 24.3 Å². The largest absolute Gasteiger partial charge is 0.363 e. The summed E-state index contributed by atoms with van der Waals surface area (Å²) in [4.78, 5) is 8.23. The molecule has 0 spiro atoms. The monoisotopic (exact) mass is 292 g/mol. The van der Waals surface area contributed by atoms with Gasteiger partial charge in [0.15, 0.2) is 0 Å². The van der Waals surface area contributed by atoms with E-state index in [0.29, 0.717) is 22.3 Å². The fraction of sp³-hybridized carbons (Fsp3) is 0.118. The average molecular weight is 292 g/mol. The van der Waals surface area contributed by atoms with E-state index >= 15 is 0 Å². The van der Waals surface area contributed by atoms with Crippen LogP contribution in [-0.2, 0) is 0 Å². The van der Waals surface area contributed by atoms with Gasteiger partial charge < -0.3 is 5.32 Å². The zero-order chi connectivity index (χ0) is 15.5. The summed E-state index contributed by atoms with van der Waals surface area (Å²) in [7, 11) is 0.